The number of aliphatic carboxylic acids is 1. The number of phenols is 1. The van der Waals surface area contributed by atoms with Gasteiger partial charge >= 0.3 is 11.9 Å². The maximum absolute atomic E-state index is 13.1. The van der Waals surface area contributed by atoms with Crippen LogP contribution in [-0.2, 0) is 15.0 Å². The van der Waals surface area contributed by atoms with Crippen LogP contribution in [0.15, 0.2) is 64.8 Å². The lowest BCUT2D eigenvalue weighted by Gasteiger charge is -2.21. The van der Waals surface area contributed by atoms with Crippen molar-refractivity contribution in [3.63, 3.8) is 0 Å². The third-order valence-corrected chi connectivity index (χ3v) is 6.45. The third kappa shape index (κ3) is 5.06. The fourth-order valence-corrected chi connectivity index (χ4v) is 4.31. The monoisotopic (exact) mass is 518 g/mol. The molecule has 1 aliphatic heterocycles. The minimum Gasteiger partial charge on any atom is -0.505 e. The molecule has 37 heavy (non-hydrogen) atoms. The standard InChI is InChI=1S/C28H27ClN4O4/c1-15-9-16(2)11-21(10-15)33-26(35)24(17(3)32-33)31-30-23-14-20(29)13-22(25(23)34)18-7-6-8-19(12-18)28(4,5)27(36)37/h6-14,30,34H,1-5H3,(H,36,37). The minimum atomic E-state index is -1.13. The highest BCUT2D eigenvalue weighted by molar-refractivity contribution is 6.71. The van der Waals surface area contributed by atoms with Crippen molar-refractivity contribution >= 4 is 46.3 Å². The number of aromatic hydroxyl groups is 1. The molecule has 1 amide bonds. The summed E-state index contributed by atoms with van der Waals surface area (Å²) < 4.78 is 0. The van der Waals surface area contributed by atoms with Gasteiger partial charge in [-0.25, -0.2) is 0 Å². The number of rotatable bonds is 6. The number of nitrogens with zero attached hydrogens (tertiary/aromatic N) is 3. The average molecular weight is 519 g/mol. The number of benzene rings is 3. The maximum atomic E-state index is 13.1. The maximum Gasteiger partial charge on any atom is 0.313 e. The molecule has 8 nitrogen and oxygen atoms in total. The zero-order valence-electron chi connectivity index (χ0n) is 21.1. The van der Waals surface area contributed by atoms with E-state index < -0.39 is 17.3 Å². The van der Waals surface area contributed by atoms with E-state index in [2.05, 4.69) is 15.6 Å². The number of phenolic OH excluding ortho intramolecular Hbond substituents is 1. The Kier molecular flexibility index (Phi) is 6.80. The number of halogens is 1. The van der Waals surface area contributed by atoms with Crippen LogP contribution in [0, 0.1) is 13.8 Å². The van der Waals surface area contributed by atoms with Crippen molar-refractivity contribution in [2.45, 2.75) is 40.0 Å². The summed E-state index contributed by atoms with van der Waals surface area (Å²) in [5, 5.41) is 30.9. The SMILES string of the molecule is CC1=NN(c2cc(C)cc(C)c2)C(=O)C1=NNc1cc(Cl)cc(-c2cccc(C(C)(C)C(=O)O)c2)c1O. The summed E-state index contributed by atoms with van der Waals surface area (Å²) in [5.74, 6) is -1.52. The Labute approximate surface area is 219 Å². The fourth-order valence-electron chi connectivity index (χ4n) is 4.09. The molecule has 4 rings (SSSR count). The molecule has 0 aliphatic carbocycles. The zero-order chi connectivity index (χ0) is 27.1. The van der Waals surface area contributed by atoms with E-state index in [-0.39, 0.29) is 17.1 Å². The summed E-state index contributed by atoms with van der Waals surface area (Å²) >= 11 is 6.34. The Bertz CT molecular complexity index is 1470. The van der Waals surface area contributed by atoms with Gasteiger partial charge in [0.25, 0.3) is 0 Å². The largest absolute Gasteiger partial charge is 0.505 e. The van der Waals surface area contributed by atoms with Crippen LogP contribution in [0.1, 0.15) is 37.5 Å². The van der Waals surface area contributed by atoms with E-state index in [4.69, 9.17) is 11.6 Å². The molecule has 0 atom stereocenters. The van der Waals surface area contributed by atoms with Crippen molar-refractivity contribution in [3.05, 3.63) is 76.3 Å². The zero-order valence-corrected chi connectivity index (χ0v) is 21.9. The first kappa shape index (κ1) is 25.9. The summed E-state index contributed by atoms with van der Waals surface area (Å²) in [4.78, 5) is 24.8. The summed E-state index contributed by atoms with van der Waals surface area (Å²) in [6.07, 6.45) is 0. The van der Waals surface area contributed by atoms with Crippen LogP contribution in [0.4, 0.5) is 11.4 Å². The van der Waals surface area contributed by atoms with Gasteiger partial charge in [-0.3, -0.25) is 15.0 Å². The minimum absolute atomic E-state index is 0.102. The molecule has 0 fully saturated rings. The number of hydrogen-bond acceptors (Lipinski definition) is 6. The molecule has 0 unspecified atom stereocenters. The molecule has 0 spiro atoms. The van der Waals surface area contributed by atoms with E-state index in [0.29, 0.717) is 33.1 Å². The van der Waals surface area contributed by atoms with Crippen LogP contribution in [0.2, 0.25) is 5.02 Å². The number of carboxylic acid groups (broad SMARTS) is 1. The predicted octanol–water partition coefficient (Wildman–Crippen LogP) is 5.88. The smallest absolute Gasteiger partial charge is 0.313 e. The number of anilines is 2. The number of amides is 1. The van der Waals surface area contributed by atoms with Gasteiger partial charge in [-0.2, -0.15) is 15.2 Å². The second-order valence-corrected chi connectivity index (χ2v) is 10.0. The number of carbonyl (C=O) groups is 2. The van der Waals surface area contributed by atoms with E-state index in [9.17, 15) is 19.8 Å². The molecule has 0 aromatic heterocycles. The molecule has 3 aromatic rings. The molecule has 0 radical (unpaired) electrons. The number of aryl methyl sites for hydroxylation is 2. The highest BCUT2D eigenvalue weighted by Crippen LogP contribution is 2.40. The normalized spacial score (nSPS) is 14.8. The van der Waals surface area contributed by atoms with E-state index in [1.54, 1.807) is 51.1 Å². The van der Waals surface area contributed by atoms with Gasteiger partial charge in [-0.05, 0) is 87.2 Å². The topological polar surface area (TPSA) is 115 Å². The molecule has 0 saturated carbocycles. The first-order valence-corrected chi connectivity index (χ1v) is 11.9. The van der Waals surface area contributed by atoms with E-state index in [0.717, 1.165) is 11.1 Å². The highest BCUT2D eigenvalue weighted by Gasteiger charge is 2.32. The molecule has 9 heteroatoms. The molecular formula is C28H27ClN4O4. The molecule has 0 bridgehead atoms. The third-order valence-electron chi connectivity index (χ3n) is 6.23. The van der Waals surface area contributed by atoms with Crippen molar-refractivity contribution in [1.82, 2.24) is 0 Å². The highest BCUT2D eigenvalue weighted by atomic mass is 35.5. The predicted molar refractivity (Wildman–Crippen MR) is 147 cm³/mol. The molecule has 3 aromatic carbocycles. The van der Waals surface area contributed by atoms with Crippen molar-refractivity contribution in [1.29, 1.82) is 0 Å². The van der Waals surface area contributed by atoms with Gasteiger partial charge in [0.1, 0.15) is 11.4 Å². The van der Waals surface area contributed by atoms with Crippen molar-refractivity contribution in [2.75, 3.05) is 10.4 Å². The Hall–Kier alpha value is -4.17. The van der Waals surface area contributed by atoms with Gasteiger partial charge in [-0.1, -0.05) is 35.9 Å². The van der Waals surface area contributed by atoms with Crippen molar-refractivity contribution in [2.24, 2.45) is 10.2 Å². The van der Waals surface area contributed by atoms with Gasteiger partial charge in [-0.15, -0.1) is 0 Å². The van der Waals surface area contributed by atoms with E-state index in [1.807, 2.05) is 32.0 Å². The van der Waals surface area contributed by atoms with Crippen LogP contribution in [-0.4, -0.2) is 33.5 Å². The van der Waals surface area contributed by atoms with Crippen LogP contribution < -0.4 is 10.4 Å². The first-order valence-electron chi connectivity index (χ1n) is 11.6. The number of carbonyl (C=O) groups excluding carboxylic acids is 1. The van der Waals surface area contributed by atoms with Crippen molar-refractivity contribution < 1.29 is 19.8 Å². The lowest BCUT2D eigenvalue weighted by atomic mass is 9.83. The molecule has 3 N–H and O–H groups in total. The fraction of sp³-hybridized carbons (Fsp3) is 0.214. The van der Waals surface area contributed by atoms with Crippen molar-refractivity contribution in [3.8, 4) is 16.9 Å². The Morgan fingerprint density at radius 3 is 2.38 bits per heavy atom. The van der Waals surface area contributed by atoms with E-state index in [1.165, 1.54) is 11.1 Å². The lowest BCUT2D eigenvalue weighted by molar-refractivity contribution is -0.142. The summed E-state index contributed by atoms with van der Waals surface area (Å²) in [5.41, 5.74) is 6.53. The number of hydrogen-bond donors (Lipinski definition) is 3. The van der Waals surface area contributed by atoms with Crippen LogP contribution in [0.25, 0.3) is 11.1 Å². The second kappa shape index (κ2) is 9.71. The van der Waals surface area contributed by atoms with Gasteiger partial charge in [0.15, 0.2) is 5.71 Å². The second-order valence-electron chi connectivity index (χ2n) is 9.58. The van der Waals surface area contributed by atoms with Gasteiger partial charge in [0.2, 0.25) is 0 Å². The molecule has 1 heterocycles. The summed E-state index contributed by atoms with van der Waals surface area (Å²) in [7, 11) is 0. The Morgan fingerprint density at radius 1 is 1.05 bits per heavy atom. The van der Waals surface area contributed by atoms with Crippen LogP contribution in [0.3, 0.4) is 0 Å². The summed E-state index contributed by atoms with van der Waals surface area (Å²) in [6.45, 7) is 8.79. The first-order chi connectivity index (χ1) is 17.4. The van der Waals surface area contributed by atoms with E-state index >= 15 is 0 Å². The number of nitrogens with one attached hydrogen (secondary N) is 1. The molecular weight excluding hydrogens is 492 g/mol. The molecule has 0 saturated heterocycles. The van der Waals surface area contributed by atoms with Gasteiger partial charge in [0, 0.05) is 10.6 Å². The van der Waals surface area contributed by atoms with Crippen LogP contribution in [0.5, 0.6) is 5.75 Å². The number of hydrazone groups is 2. The number of carboxylic acids is 1. The van der Waals surface area contributed by atoms with Gasteiger partial charge < -0.3 is 10.2 Å². The lowest BCUT2D eigenvalue weighted by Crippen LogP contribution is -2.28. The summed E-state index contributed by atoms with van der Waals surface area (Å²) in [6, 6.07) is 15.7. The molecule has 1 aliphatic rings. The Morgan fingerprint density at radius 2 is 1.73 bits per heavy atom. The molecule has 190 valence electrons. The van der Waals surface area contributed by atoms with Gasteiger partial charge in [0.05, 0.1) is 16.8 Å². The average Bonchev–Trinajstić information content (AvgIpc) is 3.12. The van der Waals surface area contributed by atoms with Crippen LogP contribution >= 0.6 is 11.6 Å². The Balaban J connectivity index is 1.66. The quantitative estimate of drug-likeness (QED) is 0.278.